The van der Waals surface area contributed by atoms with Gasteiger partial charge in [0, 0.05) is 13.2 Å². The van der Waals surface area contributed by atoms with E-state index < -0.39 is 0 Å². The zero-order valence-corrected chi connectivity index (χ0v) is 10.3. The molecular formula is C9H9BrN3Si. The van der Waals surface area contributed by atoms with Gasteiger partial charge in [-0.3, -0.25) is 5.01 Å². The van der Waals surface area contributed by atoms with E-state index in [0.29, 0.717) is 4.62 Å². The molecule has 0 aromatic carbocycles. The van der Waals surface area contributed by atoms with Gasteiger partial charge in [-0.25, -0.2) is 4.98 Å². The van der Waals surface area contributed by atoms with Crippen LogP contribution < -0.4 is 10.2 Å². The highest BCUT2D eigenvalue weighted by atomic mass is 79.9. The molecule has 3 radical (unpaired) electrons. The fourth-order valence-electron chi connectivity index (χ4n) is 0.886. The van der Waals surface area contributed by atoms with Gasteiger partial charge in [-0.2, -0.15) is 5.10 Å². The lowest BCUT2D eigenvalue weighted by Crippen LogP contribution is -2.20. The summed E-state index contributed by atoms with van der Waals surface area (Å²) in [6, 6.07) is 3.76. The Hall–Kier alpha value is -0.943. The van der Waals surface area contributed by atoms with Crippen LogP contribution in [0.15, 0.2) is 36.1 Å². The van der Waals surface area contributed by atoms with Crippen LogP contribution in [0.3, 0.4) is 0 Å². The molecule has 0 amide bonds. The van der Waals surface area contributed by atoms with Crippen molar-refractivity contribution in [3.8, 4) is 0 Å². The van der Waals surface area contributed by atoms with Crippen molar-refractivity contribution in [3.63, 3.8) is 0 Å². The lowest BCUT2D eigenvalue weighted by molar-refractivity contribution is 0.990. The Bertz CT molecular complexity index is 365. The zero-order valence-electron chi connectivity index (χ0n) is 7.74. The lowest BCUT2D eigenvalue weighted by atomic mass is 10.4. The Morgan fingerprint density at radius 1 is 1.79 bits per heavy atom. The second-order valence-electron chi connectivity index (χ2n) is 2.53. The quantitative estimate of drug-likeness (QED) is 0.468. The predicted molar refractivity (Wildman–Crippen MR) is 64.6 cm³/mol. The molecule has 0 saturated carbocycles. The van der Waals surface area contributed by atoms with Gasteiger partial charge in [-0.15, -0.1) is 0 Å². The second-order valence-corrected chi connectivity index (χ2v) is 3.88. The van der Waals surface area contributed by atoms with Crippen molar-refractivity contribution < 1.29 is 0 Å². The molecule has 0 fully saturated rings. The smallest absolute Gasteiger partial charge is 0.146 e. The van der Waals surface area contributed by atoms with Gasteiger partial charge in [0.2, 0.25) is 0 Å². The molecule has 5 heteroatoms. The summed E-state index contributed by atoms with van der Waals surface area (Å²) in [6.07, 6.45) is 3.33. The van der Waals surface area contributed by atoms with Crippen molar-refractivity contribution in [3.05, 3.63) is 31.0 Å². The molecular weight excluding hydrogens is 258 g/mol. The van der Waals surface area contributed by atoms with Crippen molar-refractivity contribution in [2.24, 2.45) is 5.10 Å². The van der Waals surface area contributed by atoms with Gasteiger partial charge >= 0.3 is 0 Å². The first-order chi connectivity index (χ1) is 6.65. The van der Waals surface area contributed by atoms with Crippen LogP contribution in [0, 0.1) is 0 Å². The molecule has 0 aliphatic carbocycles. The number of pyridine rings is 1. The van der Waals surface area contributed by atoms with E-state index in [9.17, 15) is 0 Å². The van der Waals surface area contributed by atoms with E-state index in [1.165, 1.54) is 0 Å². The van der Waals surface area contributed by atoms with Gasteiger partial charge in [-0.1, -0.05) is 12.6 Å². The standard InChI is InChI=1S/C9H9BrN3Si/c1-3-8(10)12-13(2)9-7(14)5-4-6-11-9/h3-6H,1H2,2H3/b12-8+. The van der Waals surface area contributed by atoms with E-state index in [0.717, 1.165) is 11.0 Å². The molecule has 0 unspecified atom stereocenters. The Balaban J connectivity index is 2.95. The molecule has 0 N–H and O–H groups in total. The number of aromatic nitrogens is 1. The molecule has 71 valence electrons. The van der Waals surface area contributed by atoms with Gasteiger partial charge in [0.25, 0.3) is 0 Å². The predicted octanol–water partition coefficient (Wildman–Crippen LogP) is 1.21. The van der Waals surface area contributed by atoms with E-state index in [4.69, 9.17) is 0 Å². The molecule has 14 heavy (non-hydrogen) atoms. The van der Waals surface area contributed by atoms with Crippen LogP contribution in [0.25, 0.3) is 0 Å². The highest BCUT2D eigenvalue weighted by Gasteiger charge is 2.03. The first-order valence-electron chi connectivity index (χ1n) is 3.92. The maximum atomic E-state index is 4.18. The van der Waals surface area contributed by atoms with Gasteiger partial charge in [0.15, 0.2) is 0 Å². The maximum Gasteiger partial charge on any atom is 0.146 e. The molecule has 3 nitrogen and oxygen atoms in total. The van der Waals surface area contributed by atoms with Crippen LogP contribution in [0.5, 0.6) is 0 Å². The molecule has 1 aromatic heterocycles. The third kappa shape index (κ3) is 2.78. The first-order valence-corrected chi connectivity index (χ1v) is 5.21. The minimum Gasteiger partial charge on any atom is -0.250 e. The highest BCUT2D eigenvalue weighted by Crippen LogP contribution is 2.05. The number of hydrazone groups is 1. The average Bonchev–Trinajstić information content (AvgIpc) is 2.18. The van der Waals surface area contributed by atoms with Crippen LogP contribution >= 0.6 is 15.9 Å². The summed E-state index contributed by atoms with van der Waals surface area (Å²) in [7, 11) is 5.26. The second kappa shape index (κ2) is 5.07. The summed E-state index contributed by atoms with van der Waals surface area (Å²) in [4.78, 5) is 4.18. The van der Waals surface area contributed by atoms with Gasteiger partial charge in [-0.05, 0) is 33.3 Å². The monoisotopic (exact) mass is 266 g/mol. The van der Waals surface area contributed by atoms with Gasteiger partial charge < -0.3 is 0 Å². The third-order valence-electron chi connectivity index (χ3n) is 1.51. The molecule has 0 spiro atoms. The Morgan fingerprint density at radius 3 is 3.07 bits per heavy atom. The SMILES string of the molecule is C=C/C(Br)=N\N(C)c1ncccc1[Si]. The number of allylic oxidation sites excluding steroid dienone is 1. The first kappa shape index (κ1) is 11.1. The van der Waals surface area contributed by atoms with Gasteiger partial charge in [0.05, 0.1) is 10.2 Å². The fourth-order valence-corrected chi connectivity index (χ4v) is 1.45. The maximum absolute atomic E-state index is 4.18. The van der Waals surface area contributed by atoms with Crippen LogP contribution in [-0.4, -0.2) is 26.9 Å². The molecule has 0 aliphatic heterocycles. The average molecular weight is 267 g/mol. The number of nitrogens with zero attached hydrogens (tertiary/aromatic N) is 3. The number of rotatable bonds is 3. The van der Waals surface area contributed by atoms with Crippen LogP contribution in [-0.2, 0) is 0 Å². The summed E-state index contributed by atoms with van der Waals surface area (Å²) in [5, 5.41) is 6.73. The summed E-state index contributed by atoms with van der Waals surface area (Å²) < 4.78 is 0.664. The summed E-state index contributed by atoms with van der Waals surface area (Å²) in [5.74, 6) is 0.753. The van der Waals surface area contributed by atoms with Crippen molar-refractivity contribution in [1.82, 2.24) is 4.98 Å². The minimum atomic E-state index is 0.664. The summed E-state index contributed by atoms with van der Waals surface area (Å²) in [5.41, 5.74) is 0. The Morgan fingerprint density at radius 2 is 2.50 bits per heavy atom. The summed E-state index contributed by atoms with van der Waals surface area (Å²) >= 11 is 3.25. The number of anilines is 1. The highest BCUT2D eigenvalue weighted by molar-refractivity contribution is 9.18. The fraction of sp³-hybridized carbons (Fsp3) is 0.111. The minimum absolute atomic E-state index is 0.664. The molecule has 0 atom stereocenters. The van der Waals surface area contributed by atoms with Crippen LogP contribution in [0.1, 0.15) is 0 Å². The van der Waals surface area contributed by atoms with Crippen LogP contribution in [0.2, 0.25) is 0 Å². The van der Waals surface area contributed by atoms with E-state index in [2.05, 4.69) is 42.8 Å². The zero-order chi connectivity index (χ0) is 10.6. The largest absolute Gasteiger partial charge is 0.250 e. The van der Waals surface area contributed by atoms with Crippen molar-refractivity contribution in [1.29, 1.82) is 0 Å². The van der Waals surface area contributed by atoms with E-state index in [-0.39, 0.29) is 0 Å². The molecule has 1 heterocycles. The Labute approximate surface area is 95.1 Å². The number of hydrogen-bond acceptors (Lipinski definition) is 3. The molecule has 1 aromatic rings. The van der Waals surface area contributed by atoms with E-state index >= 15 is 0 Å². The normalized spacial score (nSPS) is 11.2. The number of hydrogen-bond donors (Lipinski definition) is 0. The molecule has 0 saturated heterocycles. The molecule has 0 aliphatic rings. The van der Waals surface area contributed by atoms with Crippen molar-refractivity contribution in [2.75, 3.05) is 12.1 Å². The van der Waals surface area contributed by atoms with Crippen molar-refractivity contribution >= 4 is 41.8 Å². The molecule has 0 bridgehead atoms. The van der Waals surface area contributed by atoms with E-state index in [1.54, 1.807) is 17.3 Å². The molecule has 1 rings (SSSR count). The Kier molecular flexibility index (Phi) is 4.03. The number of halogens is 1. The third-order valence-corrected chi connectivity index (χ3v) is 2.38. The summed E-state index contributed by atoms with van der Waals surface area (Å²) in [6.45, 7) is 3.59. The van der Waals surface area contributed by atoms with Gasteiger partial charge in [0.1, 0.15) is 10.4 Å². The van der Waals surface area contributed by atoms with Crippen LogP contribution in [0.4, 0.5) is 5.82 Å². The van der Waals surface area contributed by atoms with Crippen molar-refractivity contribution in [2.45, 2.75) is 0 Å². The topological polar surface area (TPSA) is 28.5 Å². The van der Waals surface area contributed by atoms with E-state index in [1.807, 2.05) is 19.2 Å². The lowest BCUT2D eigenvalue weighted by Gasteiger charge is -2.13.